The molecule has 0 bridgehead atoms. The monoisotopic (exact) mass is 162 g/mol. The van der Waals surface area contributed by atoms with Crippen LogP contribution >= 0.6 is 11.6 Å². The van der Waals surface area contributed by atoms with E-state index < -0.39 is 0 Å². The van der Waals surface area contributed by atoms with Gasteiger partial charge >= 0.3 is 0 Å². The lowest BCUT2D eigenvalue weighted by molar-refractivity contribution is 0.0311. The number of ether oxygens (including phenoxy) is 1. The summed E-state index contributed by atoms with van der Waals surface area (Å²) < 4.78 is 5.40. The van der Waals surface area contributed by atoms with Crippen LogP contribution in [0.1, 0.15) is 20.8 Å². The Balaban J connectivity index is 3.94. The minimum absolute atomic E-state index is 0.273. The normalized spacial score (nSPS) is 17.6. The second-order valence-electron chi connectivity index (χ2n) is 2.38. The van der Waals surface area contributed by atoms with E-state index in [1.54, 1.807) is 0 Å². The van der Waals surface area contributed by atoms with Crippen LogP contribution in [0.25, 0.3) is 0 Å². The fourth-order valence-corrected chi connectivity index (χ4v) is 0.980. The van der Waals surface area contributed by atoms with Crippen LogP contribution in [-0.2, 0) is 4.74 Å². The van der Waals surface area contributed by atoms with Crippen molar-refractivity contribution in [1.29, 1.82) is 0 Å². The molecular weight excluding hydrogens is 148 g/mol. The highest BCUT2D eigenvalue weighted by atomic mass is 35.5. The van der Waals surface area contributed by atoms with Crippen LogP contribution in [0.3, 0.4) is 0 Å². The Bertz CT molecular complexity index is 112. The van der Waals surface area contributed by atoms with Gasteiger partial charge in [-0.05, 0) is 20.8 Å². The molecule has 0 saturated carbocycles. The summed E-state index contributed by atoms with van der Waals surface area (Å²) in [5.41, 5.74) is -0.273. The van der Waals surface area contributed by atoms with Crippen molar-refractivity contribution in [2.24, 2.45) is 0 Å². The maximum absolute atomic E-state index is 5.69. The fraction of sp³-hybridized carbons (Fsp3) is 0.750. The minimum atomic E-state index is -0.273. The molecule has 0 aromatic heterocycles. The van der Waals surface area contributed by atoms with E-state index in [1.165, 1.54) is 0 Å². The molecule has 0 saturated heterocycles. The van der Waals surface area contributed by atoms with Crippen LogP contribution in [0.2, 0.25) is 0 Å². The minimum Gasteiger partial charge on any atom is -0.370 e. The van der Waals surface area contributed by atoms with Gasteiger partial charge in [-0.15, -0.1) is 11.6 Å². The van der Waals surface area contributed by atoms with Gasteiger partial charge in [0, 0.05) is 6.61 Å². The molecule has 0 aliphatic rings. The van der Waals surface area contributed by atoms with Gasteiger partial charge in [0.05, 0.1) is 11.5 Å². The summed E-state index contributed by atoms with van der Waals surface area (Å²) in [6.45, 7) is 6.61. The van der Waals surface area contributed by atoms with E-state index in [0.717, 1.165) is 0 Å². The van der Waals surface area contributed by atoms with E-state index in [0.29, 0.717) is 12.5 Å². The van der Waals surface area contributed by atoms with Gasteiger partial charge in [-0.2, -0.15) is 0 Å². The molecule has 0 radical (unpaired) electrons. The molecule has 0 rings (SSSR count). The fourth-order valence-electron chi connectivity index (χ4n) is 0.814. The van der Waals surface area contributed by atoms with Crippen molar-refractivity contribution in [3.05, 3.63) is 12.2 Å². The van der Waals surface area contributed by atoms with Gasteiger partial charge in [-0.25, -0.2) is 0 Å². The molecule has 0 spiro atoms. The van der Waals surface area contributed by atoms with E-state index in [-0.39, 0.29) is 5.60 Å². The second kappa shape index (κ2) is 4.75. The molecule has 0 aliphatic heterocycles. The van der Waals surface area contributed by atoms with Crippen LogP contribution < -0.4 is 0 Å². The molecule has 0 fully saturated rings. The van der Waals surface area contributed by atoms with E-state index in [9.17, 15) is 0 Å². The van der Waals surface area contributed by atoms with Crippen LogP contribution in [-0.4, -0.2) is 18.1 Å². The van der Waals surface area contributed by atoms with E-state index >= 15 is 0 Å². The molecule has 1 nitrogen and oxygen atoms in total. The van der Waals surface area contributed by atoms with E-state index in [2.05, 4.69) is 0 Å². The van der Waals surface area contributed by atoms with Gasteiger partial charge in [0.2, 0.25) is 0 Å². The summed E-state index contributed by atoms with van der Waals surface area (Å²) in [4.78, 5) is 0. The third-order valence-corrected chi connectivity index (χ3v) is 1.79. The van der Waals surface area contributed by atoms with Gasteiger partial charge in [0.1, 0.15) is 0 Å². The lowest BCUT2D eigenvalue weighted by Crippen LogP contribution is -2.27. The molecule has 0 aromatic carbocycles. The largest absolute Gasteiger partial charge is 0.370 e. The van der Waals surface area contributed by atoms with E-state index in [4.69, 9.17) is 16.3 Å². The molecule has 0 heterocycles. The highest BCUT2D eigenvalue weighted by Gasteiger charge is 2.18. The molecule has 2 heteroatoms. The molecule has 0 aliphatic carbocycles. The lowest BCUT2D eigenvalue weighted by Gasteiger charge is -2.22. The van der Waals surface area contributed by atoms with Crippen LogP contribution in [0, 0.1) is 0 Å². The molecule has 0 aromatic rings. The van der Waals surface area contributed by atoms with Crippen molar-refractivity contribution in [3.8, 4) is 0 Å². The Morgan fingerprint density at radius 1 is 1.60 bits per heavy atom. The maximum Gasteiger partial charge on any atom is 0.0968 e. The van der Waals surface area contributed by atoms with E-state index in [1.807, 2.05) is 32.9 Å². The topological polar surface area (TPSA) is 9.23 Å². The quantitative estimate of drug-likeness (QED) is 0.456. The third-order valence-electron chi connectivity index (χ3n) is 1.26. The van der Waals surface area contributed by atoms with Gasteiger partial charge in [0.15, 0.2) is 0 Å². The first-order valence-electron chi connectivity index (χ1n) is 3.52. The lowest BCUT2D eigenvalue weighted by atomic mass is 10.1. The van der Waals surface area contributed by atoms with Gasteiger partial charge < -0.3 is 4.74 Å². The zero-order chi connectivity index (χ0) is 8.04. The summed E-state index contributed by atoms with van der Waals surface area (Å²) in [6.07, 6.45) is 3.93. The Morgan fingerprint density at radius 3 is 2.50 bits per heavy atom. The number of alkyl halides is 1. The van der Waals surface area contributed by atoms with Crippen molar-refractivity contribution in [1.82, 2.24) is 0 Å². The Morgan fingerprint density at radius 2 is 2.20 bits per heavy atom. The van der Waals surface area contributed by atoms with Gasteiger partial charge in [-0.1, -0.05) is 12.2 Å². The molecule has 0 N–H and O–H groups in total. The van der Waals surface area contributed by atoms with Crippen molar-refractivity contribution in [2.45, 2.75) is 26.4 Å². The zero-order valence-electron chi connectivity index (χ0n) is 6.86. The Labute approximate surface area is 68.0 Å². The van der Waals surface area contributed by atoms with Crippen molar-refractivity contribution in [3.63, 3.8) is 0 Å². The first-order valence-corrected chi connectivity index (χ1v) is 4.05. The second-order valence-corrected chi connectivity index (χ2v) is 2.65. The van der Waals surface area contributed by atoms with Crippen LogP contribution in [0.5, 0.6) is 0 Å². The van der Waals surface area contributed by atoms with Crippen molar-refractivity contribution in [2.75, 3.05) is 12.5 Å². The predicted molar refractivity (Wildman–Crippen MR) is 45.6 cm³/mol. The number of hydrogen-bond acceptors (Lipinski definition) is 1. The highest BCUT2D eigenvalue weighted by molar-refractivity contribution is 6.18. The summed E-state index contributed by atoms with van der Waals surface area (Å²) in [7, 11) is 0. The molecule has 60 valence electrons. The smallest absolute Gasteiger partial charge is 0.0968 e. The third kappa shape index (κ3) is 3.23. The van der Waals surface area contributed by atoms with Crippen molar-refractivity contribution < 1.29 is 4.74 Å². The number of rotatable bonds is 4. The predicted octanol–water partition coefficient (Wildman–Crippen LogP) is 2.60. The molecule has 1 unspecified atom stereocenters. The SMILES string of the molecule is C/C=C/C(C)(CCl)OCC. The number of allylic oxidation sites excluding steroid dienone is 1. The molecule has 10 heavy (non-hydrogen) atoms. The average molecular weight is 163 g/mol. The zero-order valence-corrected chi connectivity index (χ0v) is 7.61. The molecular formula is C8H15ClO. The summed E-state index contributed by atoms with van der Waals surface area (Å²) in [5, 5.41) is 0. The maximum atomic E-state index is 5.69. The summed E-state index contributed by atoms with van der Waals surface area (Å²) in [5.74, 6) is 0.505. The summed E-state index contributed by atoms with van der Waals surface area (Å²) in [6, 6.07) is 0. The van der Waals surface area contributed by atoms with Gasteiger partial charge in [0.25, 0.3) is 0 Å². The average Bonchev–Trinajstić information content (AvgIpc) is 1.89. The number of halogens is 1. The molecule has 0 amide bonds. The first-order chi connectivity index (χ1) is 4.68. The van der Waals surface area contributed by atoms with Gasteiger partial charge in [-0.3, -0.25) is 0 Å². The van der Waals surface area contributed by atoms with Crippen LogP contribution in [0.15, 0.2) is 12.2 Å². The van der Waals surface area contributed by atoms with Crippen LogP contribution in [0.4, 0.5) is 0 Å². The molecule has 1 atom stereocenters. The Hall–Kier alpha value is -0.0100. The first kappa shape index (κ1) is 9.99. The number of hydrogen-bond donors (Lipinski definition) is 0. The highest BCUT2D eigenvalue weighted by Crippen LogP contribution is 2.13. The summed E-state index contributed by atoms with van der Waals surface area (Å²) >= 11 is 5.69. The Kier molecular flexibility index (Phi) is 4.75. The van der Waals surface area contributed by atoms with Crippen molar-refractivity contribution >= 4 is 11.6 Å². The standard InChI is InChI=1S/C8H15ClO/c1-4-6-8(3,7-9)10-5-2/h4,6H,5,7H2,1-3H3/b6-4+.